The molecule has 31 heavy (non-hydrogen) atoms. The Morgan fingerprint density at radius 2 is 2.00 bits per heavy atom. The Morgan fingerprint density at radius 3 is 2.65 bits per heavy atom. The number of anilines is 2. The molecule has 3 heterocycles. The third kappa shape index (κ3) is 4.57. The number of furan rings is 1. The quantitative estimate of drug-likeness (QED) is 0.325. The topological polar surface area (TPSA) is 77.1 Å². The molecule has 0 bridgehead atoms. The van der Waals surface area contributed by atoms with Crippen molar-refractivity contribution in [2.45, 2.75) is 44.6 Å². The van der Waals surface area contributed by atoms with Crippen molar-refractivity contribution in [3.63, 3.8) is 0 Å². The Bertz CT molecular complexity index is 1150. The summed E-state index contributed by atoms with van der Waals surface area (Å²) in [5.41, 5.74) is 2.95. The van der Waals surface area contributed by atoms with E-state index in [9.17, 15) is 4.79 Å². The van der Waals surface area contributed by atoms with Crippen molar-refractivity contribution >= 4 is 39.8 Å². The molecule has 0 radical (unpaired) electrons. The average Bonchev–Trinajstić information content (AvgIpc) is 3.53. The molecule has 0 saturated heterocycles. The second kappa shape index (κ2) is 9.49. The van der Waals surface area contributed by atoms with Crippen LogP contribution in [0.3, 0.4) is 0 Å². The summed E-state index contributed by atoms with van der Waals surface area (Å²) in [7, 11) is 0. The molecule has 3 aromatic heterocycles. The molecule has 0 saturated carbocycles. The van der Waals surface area contributed by atoms with Gasteiger partial charge >= 0.3 is 0 Å². The molecule has 0 fully saturated rings. The SMILES string of the molecule is CCc1ccc(N(C(C)=O)c2nc(CSc3nnc(-c4ccco4)n3CC)cs2)cc1. The van der Waals surface area contributed by atoms with Crippen molar-refractivity contribution < 1.29 is 9.21 Å². The smallest absolute Gasteiger partial charge is 0.230 e. The van der Waals surface area contributed by atoms with Crippen LogP contribution in [0, 0.1) is 0 Å². The van der Waals surface area contributed by atoms with Gasteiger partial charge in [-0.2, -0.15) is 0 Å². The maximum Gasteiger partial charge on any atom is 0.230 e. The van der Waals surface area contributed by atoms with Crippen LogP contribution in [0.2, 0.25) is 0 Å². The van der Waals surface area contributed by atoms with Crippen LogP contribution >= 0.6 is 23.1 Å². The molecule has 4 rings (SSSR count). The van der Waals surface area contributed by atoms with E-state index < -0.39 is 0 Å². The van der Waals surface area contributed by atoms with E-state index in [1.165, 1.54) is 16.9 Å². The highest BCUT2D eigenvalue weighted by Gasteiger charge is 2.19. The van der Waals surface area contributed by atoms with Gasteiger partial charge in [0.2, 0.25) is 5.91 Å². The van der Waals surface area contributed by atoms with Gasteiger partial charge in [-0.05, 0) is 43.2 Å². The Labute approximate surface area is 189 Å². The minimum absolute atomic E-state index is 0.0633. The van der Waals surface area contributed by atoms with E-state index in [1.807, 2.05) is 46.3 Å². The summed E-state index contributed by atoms with van der Waals surface area (Å²) in [6.45, 7) is 6.46. The summed E-state index contributed by atoms with van der Waals surface area (Å²) < 4.78 is 7.49. The molecule has 0 N–H and O–H groups in total. The van der Waals surface area contributed by atoms with Gasteiger partial charge in [-0.25, -0.2) is 4.98 Å². The molecule has 0 aliphatic heterocycles. The molecular weight excluding hydrogens is 430 g/mol. The molecule has 160 valence electrons. The summed E-state index contributed by atoms with van der Waals surface area (Å²) in [5, 5.41) is 12.1. The Morgan fingerprint density at radius 1 is 1.19 bits per heavy atom. The first-order chi connectivity index (χ1) is 15.1. The van der Waals surface area contributed by atoms with Crippen LogP contribution < -0.4 is 4.90 Å². The molecule has 0 unspecified atom stereocenters. The third-order valence-electron chi connectivity index (χ3n) is 4.77. The number of amides is 1. The predicted octanol–water partition coefficient (Wildman–Crippen LogP) is 5.55. The largest absolute Gasteiger partial charge is 0.461 e. The predicted molar refractivity (Wildman–Crippen MR) is 124 cm³/mol. The number of carbonyl (C=O) groups excluding carboxylic acids is 1. The zero-order valence-corrected chi connectivity index (χ0v) is 19.2. The van der Waals surface area contributed by atoms with Crippen molar-refractivity contribution in [3.05, 3.63) is 59.3 Å². The number of hydrogen-bond acceptors (Lipinski definition) is 7. The van der Waals surface area contributed by atoms with Crippen LogP contribution in [0.5, 0.6) is 0 Å². The van der Waals surface area contributed by atoms with Gasteiger partial charge in [0.05, 0.1) is 17.6 Å². The lowest BCUT2D eigenvalue weighted by molar-refractivity contribution is -0.115. The number of thiazole rings is 1. The lowest BCUT2D eigenvalue weighted by Crippen LogP contribution is -2.22. The lowest BCUT2D eigenvalue weighted by Gasteiger charge is -2.18. The van der Waals surface area contributed by atoms with E-state index in [1.54, 1.807) is 29.8 Å². The average molecular weight is 454 g/mol. The van der Waals surface area contributed by atoms with Crippen LogP contribution in [0.15, 0.2) is 57.6 Å². The van der Waals surface area contributed by atoms with E-state index in [-0.39, 0.29) is 5.91 Å². The molecule has 7 nitrogen and oxygen atoms in total. The fourth-order valence-electron chi connectivity index (χ4n) is 3.18. The van der Waals surface area contributed by atoms with Gasteiger partial charge in [0, 0.05) is 24.6 Å². The number of benzene rings is 1. The van der Waals surface area contributed by atoms with Crippen LogP contribution in [-0.2, 0) is 23.5 Å². The number of aromatic nitrogens is 4. The third-order valence-corrected chi connectivity index (χ3v) is 6.65. The summed E-state index contributed by atoms with van der Waals surface area (Å²) in [6.07, 6.45) is 2.59. The number of nitrogens with zero attached hydrogens (tertiary/aromatic N) is 5. The van der Waals surface area contributed by atoms with E-state index in [4.69, 9.17) is 9.40 Å². The molecular formula is C22H23N5O2S2. The highest BCUT2D eigenvalue weighted by Crippen LogP contribution is 2.32. The fraction of sp³-hybridized carbons (Fsp3) is 0.273. The standard InChI is InChI=1S/C22H23N5O2S2/c1-4-16-8-10-18(11-9-16)27(15(3)28)21-23-17(13-30-21)14-31-22-25-24-20(26(22)5-2)19-7-6-12-29-19/h6-13H,4-5,14H2,1-3H3. The van der Waals surface area contributed by atoms with Gasteiger partial charge in [-0.15, -0.1) is 21.5 Å². The van der Waals surface area contributed by atoms with Gasteiger partial charge in [0.15, 0.2) is 21.9 Å². The molecule has 9 heteroatoms. The summed E-state index contributed by atoms with van der Waals surface area (Å²) in [5.74, 6) is 1.98. The zero-order chi connectivity index (χ0) is 21.8. The Balaban J connectivity index is 1.50. The Hall–Kier alpha value is -2.91. The van der Waals surface area contributed by atoms with Crippen molar-refractivity contribution in [1.82, 2.24) is 19.7 Å². The van der Waals surface area contributed by atoms with Crippen LogP contribution in [0.25, 0.3) is 11.6 Å². The summed E-state index contributed by atoms with van der Waals surface area (Å²) in [4.78, 5) is 18.7. The maximum absolute atomic E-state index is 12.3. The minimum Gasteiger partial charge on any atom is -0.461 e. The Kier molecular flexibility index (Phi) is 6.53. The normalized spacial score (nSPS) is 11.1. The van der Waals surface area contributed by atoms with Crippen LogP contribution in [0.1, 0.15) is 32.0 Å². The van der Waals surface area contributed by atoms with Crippen molar-refractivity contribution in [2.75, 3.05) is 4.90 Å². The van der Waals surface area contributed by atoms with Crippen LogP contribution in [0.4, 0.5) is 10.8 Å². The first kappa shape index (κ1) is 21.3. The van der Waals surface area contributed by atoms with Crippen LogP contribution in [-0.4, -0.2) is 25.7 Å². The van der Waals surface area contributed by atoms with E-state index in [0.29, 0.717) is 22.5 Å². The van der Waals surface area contributed by atoms with Crippen molar-refractivity contribution in [1.29, 1.82) is 0 Å². The van der Waals surface area contributed by atoms with Gasteiger partial charge in [0.25, 0.3) is 0 Å². The number of aryl methyl sites for hydroxylation is 1. The lowest BCUT2D eigenvalue weighted by atomic mass is 10.1. The second-order valence-electron chi connectivity index (χ2n) is 6.81. The monoisotopic (exact) mass is 453 g/mol. The van der Waals surface area contributed by atoms with E-state index in [2.05, 4.69) is 24.0 Å². The van der Waals surface area contributed by atoms with Gasteiger partial charge in [-0.1, -0.05) is 30.8 Å². The highest BCUT2D eigenvalue weighted by atomic mass is 32.2. The van der Waals surface area contributed by atoms with E-state index >= 15 is 0 Å². The number of thioether (sulfide) groups is 1. The highest BCUT2D eigenvalue weighted by molar-refractivity contribution is 7.98. The maximum atomic E-state index is 12.3. The fourth-order valence-corrected chi connectivity index (χ4v) is 5.07. The summed E-state index contributed by atoms with van der Waals surface area (Å²) in [6, 6.07) is 11.7. The van der Waals surface area contributed by atoms with Crippen molar-refractivity contribution in [2.24, 2.45) is 0 Å². The van der Waals surface area contributed by atoms with Gasteiger partial charge in [-0.3, -0.25) is 14.3 Å². The number of rotatable bonds is 8. The van der Waals surface area contributed by atoms with Gasteiger partial charge < -0.3 is 4.42 Å². The molecule has 0 spiro atoms. The number of hydrogen-bond donors (Lipinski definition) is 0. The second-order valence-corrected chi connectivity index (χ2v) is 8.59. The minimum atomic E-state index is -0.0633. The molecule has 0 aliphatic rings. The number of carbonyl (C=O) groups is 1. The van der Waals surface area contributed by atoms with Crippen molar-refractivity contribution in [3.8, 4) is 11.6 Å². The summed E-state index contributed by atoms with van der Waals surface area (Å²) >= 11 is 3.03. The zero-order valence-electron chi connectivity index (χ0n) is 17.6. The first-order valence-corrected chi connectivity index (χ1v) is 11.9. The molecule has 0 aliphatic carbocycles. The molecule has 1 aromatic carbocycles. The molecule has 1 amide bonds. The molecule has 0 atom stereocenters. The molecule has 4 aromatic rings. The van der Waals surface area contributed by atoms with E-state index in [0.717, 1.165) is 29.5 Å². The first-order valence-electron chi connectivity index (χ1n) is 10.0. The van der Waals surface area contributed by atoms with Gasteiger partial charge in [0.1, 0.15) is 0 Å².